The molecule has 0 radical (unpaired) electrons. The molecule has 2 aromatic carbocycles. The number of fused-ring (bicyclic) bond motifs is 1. The van der Waals surface area contributed by atoms with Crippen LogP contribution in [0.25, 0.3) is 0 Å². The van der Waals surface area contributed by atoms with Crippen LogP contribution in [-0.2, 0) is 16.6 Å². The van der Waals surface area contributed by atoms with Gasteiger partial charge in [-0.3, -0.25) is 0 Å². The average Bonchev–Trinajstić information content (AvgIpc) is 3.07. The van der Waals surface area contributed by atoms with Crippen LogP contribution in [0.2, 0.25) is 0 Å². The first kappa shape index (κ1) is 16.6. The number of nitrogens with one attached hydrogen (secondary N) is 1. The molecule has 0 aliphatic carbocycles. The maximum atomic E-state index is 12.4. The van der Waals surface area contributed by atoms with Gasteiger partial charge in [0.2, 0.25) is 16.8 Å². The zero-order chi connectivity index (χ0) is 17.0. The lowest BCUT2D eigenvalue weighted by atomic mass is 10.2. The third-order valence-corrected chi connectivity index (χ3v) is 4.92. The first-order chi connectivity index (χ1) is 11.6. The molecule has 0 aromatic heterocycles. The fourth-order valence-electron chi connectivity index (χ4n) is 2.23. The second-order valence-corrected chi connectivity index (χ2v) is 7.10. The van der Waals surface area contributed by atoms with Crippen molar-refractivity contribution in [3.63, 3.8) is 0 Å². The normalized spacial score (nSPS) is 13.0. The van der Waals surface area contributed by atoms with Crippen molar-refractivity contribution in [2.75, 3.05) is 13.4 Å². The van der Waals surface area contributed by atoms with Gasteiger partial charge in [-0.2, -0.15) is 0 Å². The number of rotatable bonds is 7. The van der Waals surface area contributed by atoms with Gasteiger partial charge in [0.25, 0.3) is 0 Å². The van der Waals surface area contributed by atoms with Gasteiger partial charge in [0, 0.05) is 12.6 Å². The van der Waals surface area contributed by atoms with Crippen molar-refractivity contribution < 1.29 is 22.6 Å². The Hall–Kier alpha value is -2.25. The summed E-state index contributed by atoms with van der Waals surface area (Å²) in [5, 5.41) is 0. The molecule has 0 fully saturated rings. The molecule has 2 aromatic rings. The van der Waals surface area contributed by atoms with Crippen molar-refractivity contribution in [2.24, 2.45) is 0 Å². The van der Waals surface area contributed by atoms with E-state index in [-0.39, 0.29) is 18.2 Å². The molecule has 1 aliphatic rings. The highest BCUT2D eigenvalue weighted by molar-refractivity contribution is 7.89. The zero-order valence-corrected chi connectivity index (χ0v) is 14.1. The lowest BCUT2D eigenvalue weighted by Crippen LogP contribution is -2.23. The van der Waals surface area contributed by atoms with E-state index in [2.05, 4.69) is 4.72 Å². The predicted octanol–water partition coefficient (Wildman–Crippen LogP) is 2.68. The minimum atomic E-state index is -3.62. The largest absolute Gasteiger partial charge is 0.494 e. The molecule has 24 heavy (non-hydrogen) atoms. The Morgan fingerprint density at radius 2 is 1.83 bits per heavy atom. The van der Waals surface area contributed by atoms with Crippen LogP contribution in [-0.4, -0.2) is 21.8 Å². The fourth-order valence-corrected chi connectivity index (χ4v) is 3.26. The van der Waals surface area contributed by atoms with E-state index >= 15 is 0 Å². The highest BCUT2D eigenvalue weighted by atomic mass is 32.2. The van der Waals surface area contributed by atoms with Gasteiger partial charge < -0.3 is 14.2 Å². The first-order valence-electron chi connectivity index (χ1n) is 7.69. The maximum absolute atomic E-state index is 12.4. The Morgan fingerprint density at radius 1 is 1.08 bits per heavy atom. The van der Waals surface area contributed by atoms with E-state index in [9.17, 15) is 8.42 Å². The van der Waals surface area contributed by atoms with Gasteiger partial charge in [0.05, 0.1) is 11.5 Å². The summed E-state index contributed by atoms with van der Waals surface area (Å²) in [4.78, 5) is 0.148. The van der Waals surface area contributed by atoms with Gasteiger partial charge in [0.1, 0.15) is 5.75 Å². The van der Waals surface area contributed by atoms with Gasteiger partial charge >= 0.3 is 0 Å². The summed E-state index contributed by atoms with van der Waals surface area (Å²) in [6.07, 6.45) is 0.942. The maximum Gasteiger partial charge on any atom is 0.241 e. The summed E-state index contributed by atoms with van der Waals surface area (Å²) in [6, 6.07) is 11.9. The Balaban J connectivity index is 1.64. The number of hydrogen-bond acceptors (Lipinski definition) is 5. The molecule has 7 heteroatoms. The molecule has 3 rings (SSSR count). The SMILES string of the molecule is CCCOc1ccc(CNS(=O)(=O)c2ccc3c(c2)OCO3)cc1. The van der Waals surface area contributed by atoms with Gasteiger partial charge in [-0.15, -0.1) is 0 Å². The fraction of sp³-hybridized carbons (Fsp3) is 0.294. The topological polar surface area (TPSA) is 73.9 Å². The van der Waals surface area contributed by atoms with E-state index in [1.807, 2.05) is 31.2 Å². The van der Waals surface area contributed by atoms with Crippen LogP contribution in [0.4, 0.5) is 0 Å². The molecule has 0 amide bonds. The monoisotopic (exact) mass is 349 g/mol. The van der Waals surface area contributed by atoms with Crippen molar-refractivity contribution in [3.8, 4) is 17.2 Å². The van der Waals surface area contributed by atoms with Crippen molar-refractivity contribution in [2.45, 2.75) is 24.8 Å². The molecule has 0 unspecified atom stereocenters. The van der Waals surface area contributed by atoms with Crippen LogP contribution >= 0.6 is 0 Å². The summed E-state index contributed by atoms with van der Waals surface area (Å²) in [6.45, 7) is 3.01. The van der Waals surface area contributed by atoms with Gasteiger partial charge in [0.15, 0.2) is 11.5 Å². The van der Waals surface area contributed by atoms with Crippen LogP contribution in [0.15, 0.2) is 47.4 Å². The molecule has 128 valence electrons. The summed E-state index contributed by atoms with van der Waals surface area (Å²) in [5.41, 5.74) is 0.850. The van der Waals surface area contributed by atoms with Crippen molar-refractivity contribution in [1.29, 1.82) is 0 Å². The van der Waals surface area contributed by atoms with Crippen LogP contribution in [0.3, 0.4) is 0 Å². The highest BCUT2D eigenvalue weighted by Crippen LogP contribution is 2.33. The number of sulfonamides is 1. The van der Waals surface area contributed by atoms with E-state index in [1.165, 1.54) is 12.1 Å². The van der Waals surface area contributed by atoms with Gasteiger partial charge in [-0.25, -0.2) is 13.1 Å². The summed E-state index contributed by atoms with van der Waals surface area (Å²) < 4.78 is 43.2. The van der Waals surface area contributed by atoms with Crippen molar-refractivity contribution in [3.05, 3.63) is 48.0 Å². The van der Waals surface area contributed by atoms with E-state index < -0.39 is 10.0 Å². The molecule has 0 saturated heterocycles. The smallest absolute Gasteiger partial charge is 0.241 e. The average molecular weight is 349 g/mol. The highest BCUT2D eigenvalue weighted by Gasteiger charge is 2.20. The molecule has 1 aliphatic heterocycles. The number of hydrogen-bond donors (Lipinski definition) is 1. The Bertz CT molecular complexity index is 802. The van der Waals surface area contributed by atoms with Gasteiger partial charge in [-0.05, 0) is 36.2 Å². The van der Waals surface area contributed by atoms with Crippen LogP contribution in [0.5, 0.6) is 17.2 Å². The Labute approximate surface area is 141 Å². The Morgan fingerprint density at radius 3 is 2.58 bits per heavy atom. The third kappa shape index (κ3) is 3.80. The zero-order valence-electron chi connectivity index (χ0n) is 13.3. The Kier molecular flexibility index (Phi) is 4.92. The molecule has 6 nitrogen and oxygen atoms in total. The van der Waals surface area contributed by atoms with Crippen LogP contribution in [0, 0.1) is 0 Å². The minimum Gasteiger partial charge on any atom is -0.494 e. The van der Waals surface area contributed by atoms with E-state index in [1.54, 1.807) is 6.07 Å². The van der Waals surface area contributed by atoms with Crippen LogP contribution < -0.4 is 18.9 Å². The van der Waals surface area contributed by atoms with E-state index in [4.69, 9.17) is 14.2 Å². The molecule has 1 N–H and O–H groups in total. The molecule has 0 atom stereocenters. The summed E-state index contributed by atoms with van der Waals surface area (Å²) in [5.74, 6) is 1.77. The van der Waals surface area contributed by atoms with E-state index in [0.717, 1.165) is 17.7 Å². The van der Waals surface area contributed by atoms with E-state index in [0.29, 0.717) is 18.1 Å². The standard InChI is InChI=1S/C17H19NO5S/c1-2-9-21-14-5-3-13(4-6-14)11-18-24(19,20)15-7-8-16-17(10-15)23-12-22-16/h3-8,10,18H,2,9,11-12H2,1H3. The first-order valence-corrected chi connectivity index (χ1v) is 9.18. The molecule has 0 spiro atoms. The summed E-state index contributed by atoms with van der Waals surface area (Å²) in [7, 11) is -3.62. The quantitative estimate of drug-likeness (QED) is 0.832. The second kappa shape index (κ2) is 7.11. The minimum absolute atomic E-state index is 0.110. The van der Waals surface area contributed by atoms with Crippen molar-refractivity contribution >= 4 is 10.0 Å². The summed E-state index contributed by atoms with van der Waals surface area (Å²) >= 11 is 0. The molecule has 0 saturated carbocycles. The molecular formula is C17H19NO5S. The van der Waals surface area contributed by atoms with Crippen molar-refractivity contribution in [1.82, 2.24) is 4.72 Å². The molecular weight excluding hydrogens is 330 g/mol. The molecule has 0 bridgehead atoms. The van der Waals surface area contributed by atoms with Gasteiger partial charge in [-0.1, -0.05) is 19.1 Å². The third-order valence-electron chi connectivity index (χ3n) is 3.52. The number of benzene rings is 2. The lowest BCUT2D eigenvalue weighted by Gasteiger charge is -2.09. The second-order valence-electron chi connectivity index (χ2n) is 5.33. The molecule has 1 heterocycles. The lowest BCUT2D eigenvalue weighted by molar-refractivity contribution is 0.174. The predicted molar refractivity (Wildman–Crippen MR) is 88.8 cm³/mol. The number of ether oxygens (including phenoxy) is 3. The van der Waals surface area contributed by atoms with Crippen LogP contribution in [0.1, 0.15) is 18.9 Å².